The number of aliphatic carboxylic acids is 1. The Hall–Kier alpha value is -8.87. The topological polar surface area (TPSA) is 492 Å². The van der Waals surface area contributed by atoms with Crippen LogP contribution in [0, 0.1) is 0 Å². The lowest BCUT2D eigenvalue weighted by atomic mass is 10.0. The van der Waals surface area contributed by atoms with Crippen LogP contribution in [0.2, 0.25) is 0 Å². The number of carboxylic acid groups (broad SMARTS) is 1. The van der Waals surface area contributed by atoms with E-state index in [0.717, 1.165) is 13.8 Å². The van der Waals surface area contributed by atoms with E-state index in [9.17, 15) is 83.1 Å². The normalized spacial score (nSPS) is 14.6. The van der Waals surface area contributed by atoms with Crippen molar-refractivity contribution < 1.29 is 83.1 Å². The molecule has 29 nitrogen and oxygen atoms in total. The number of aliphatic hydroxyl groups excluding tert-OH is 2. The molecule has 446 valence electrons. The molecule has 3 rings (SSSR count). The van der Waals surface area contributed by atoms with Gasteiger partial charge in [0.25, 0.3) is 0 Å². The summed E-state index contributed by atoms with van der Waals surface area (Å²) in [5, 5.41) is 71.8. The minimum absolute atomic E-state index is 0.0241. The van der Waals surface area contributed by atoms with E-state index in [0.29, 0.717) is 22.4 Å². The van der Waals surface area contributed by atoms with Crippen LogP contribution in [0.25, 0.3) is 0 Å². The van der Waals surface area contributed by atoms with Gasteiger partial charge >= 0.3 is 5.97 Å². The number of thioether (sulfide) groups is 1. The summed E-state index contributed by atoms with van der Waals surface area (Å²) in [6.07, 6.45) is -4.21. The number of carbonyl (C=O) groups excluding carboxylic acids is 11. The van der Waals surface area contributed by atoms with Gasteiger partial charge in [-0.1, -0.05) is 54.6 Å². The van der Waals surface area contributed by atoms with Gasteiger partial charge in [-0.15, -0.1) is 0 Å². The van der Waals surface area contributed by atoms with Gasteiger partial charge in [-0.2, -0.15) is 11.8 Å². The Bertz CT molecular complexity index is 2720. The Balaban J connectivity index is 1.87. The number of hydrogen-bond acceptors (Lipinski definition) is 18. The highest BCUT2D eigenvalue weighted by Crippen LogP contribution is 2.15. The summed E-state index contributed by atoms with van der Waals surface area (Å²) in [4.78, 5) is 158. The Morgan fingerprint density at radius 2 is 0.854 bits per heavy atom. The van der Waals surface area contributed by atoms with Crippen molar-refractivity contribution in [3.05, 3.63) is 95.6 Å². The molecule has 0 bridgehead atoms. The molecule has 0 saturated heterocycles. The van der Waals surface area contributed by atoms with Gasteiger partial charge in [0, 0.05) is 19.3 Å². The maximum absolute atomic E-state index is 14.2. The van der Waals surface area contributed by atoms with Crippen molar-refractivity contribution in [2.24, 2.45) is 17.2 Å². The van der Waals surface area contributed by atoms with Gasteiger partial charge < -0.3 is 90.6 Å². The molecule has 0 aromatic heterocycles. The molecule has 30 heteroatoms. The SMILES string of the molecule is CSCC[C@H](NC(=O)CNC(=O)[C@H](Cc1ccc(O)cc1)NC(=O)[C@H](CC(N)=O)NC(=O)[C@@H](NC(=O)[C@H](Cc1ccccc1)NC(=O)[C@@H](NC(=O)[C@H](Cc1ccc(O)cc1)NC(=O)CN)[C@@H](C)O)[C@@H](C)O)C(=O)N[C@@H](CC(N)=O)C(=O)O. The van der Waals surface area contributed by atoms with E-state index in [1.165, 1.54) is 60.3 Å². The number of amides is 11. The first-order valence-electron chi connectivity index (χ1n) is 25.3. The molecule has 3 aromatic rings. The summed E-state index contributed by atoms with van der Waals surface area (Å²) >= 11 is 1.28. The average molecular weight is 1170 g/mol. The minimum atomic E-state index is -1.96. The van der Waals surface area contributed by atoms with Gasteiger partial charge in [0.2, 0.25) is 65.0 Å². The molecule has 0 spiro atoms. The van der Waals surface area contributed by atoms with Crippen LogP contribution in [0.1, 0.15) is 49.8 Å². The molecule has 0 radical (unpaired) electrons. The van der Waals surface area contributed by atoms with Gasteiger partial charge in [0.05, 0.1) is 38.1 Å². The smallest absolute Gasteiger partial charge is 0.326 e. The van der Waals surface area contributed by atoms with Gasteiger partial charge in [0.1, 0.15) is 59.8 Å². The quantitative estimate of drug-likeness (QED) is 0.0265. The van der Waals surface area contributed by atoms with Crippen LogP contribution >= 0.6 is 11.8 Å². The van der Waals surface area contributed by atoms with E-state index in [4.69, 9.17) is 17.2 Å². The summed E-state index contributed by atoms with van der Waals surface area (Å²) < 4.78 is 0. The zero-order chi connectivity index (χ0) is 61.2. The molecule has 0 heterocycles. The standard InChI is InChI=1S/C52H70N12O17S/c1-26(65)43(63-48(76)35(58-41(71)24-53)21-30-11-15-32(68)16-12-30)50(78)60-36(19-28-7-5-4-6-8-28)49(77)64-44(27(2)66)51(79)61-37(22-39(54)69)47(75)59-34(20-29-9-13-31(67)14-10-29)45(73)56-25-42(72)57-33(17-18-82-3)46(74)62-38(52(80)81)23-40(55)70/h4-16,26-27,33-38,43-44,65-68H,17-25,53H2,1-3H3,(H2,54,69)(H2,55,70)(H,56,73)(H,57,72)(H,58,71)(H,59,75)(H,60,78)(H,61,79)(H,62,74)(H,63,76)(H,64,77)(H,80,81)/t26-,27-,33+,34+,35+,36+,37+,38+,43+,44+/m1/s1. The zero-order valence-electron chi connectivity index (χ0n) is 44.9. The van der Waals surface area contributed by atoms with E-state index in [2.05, 4.69) is 47.9 Å². The lowest BCUT2D eigenvalue weighted by Gasteiger charge is -2.29. The van der Waals surface area contributed by atoms with Crippen molar-refractivity contribution in [2.75, 3.05) is 25.1 Å². The van der Waals surface area contributed by atoms with Crippen LogP contribution < -0.4 is 65.1 Å². The second-order valence-electron chi connectivity index (χ2n) is 18.8. The van der Waals surface area contributed by atoms with E-state index in [-0.39, 0.29) is 37.2 Å². The maximum atomic E-state index is 14.2. The summed E-state index contributed by atoms with van der Waals surface area (Å²) in [6.45, 7) is 0.897. The first-order valence-corrected chi connectivity index (χ1v) is 26.7. The molecule has 82 heavy (non-hydrogen) atoms. The Labute approximate surface area is 474 Å². The molecule has 0 aliphatic rings. The second-order valence-corrected chi connectivity index (χ2v) is 19.7. The first-order chi connectivity index (χ1) is 38.7. The lowest BCUT2D eigenvalue weighted by molar-refractivity contribution is -0.143. The third-order valence-corrected chi connectivity index (χ3v) is 12.7. The summed E-state index contributed by atoms with van der Waals surface area (Å²) in [7, 11) is 0. The summed E-state index contributed by atoms with van der Waals surface area (Å²) in [6, 6.07) is 5.67. The van der Waals surface area contributed by atoms with Crippen LogP contribution in [0.5, 0.6) is 11.5 Å². The first kappa shape index (κ1) is 67.4. The fraction of sp³-hybridized carbons (Fsp3) is 0.423. The fourth-order valence-electron chi connectivity index (χ4n) is 7.70. The van der Waals surface area contributed by atoms with Gasteiger partial charge in [0.15, 0.2) is 0 Å². The number of benzene rings is 3. The summed E-state index contributed by atoms with van der Waals surface area (Å²) in [5.41, 5.74) is 17.3. The molecule has 0 saturated carbocycles. The van der Waals surface area contributed by atoms with Crippen molar-refractivity contribution in [3.8, 4) is 11.5 Å². The number of primary amides is 2. The zero-order valence-corrected chi connectivity index (χ0v) is 45.7. The second kappa shape index (κ2) is 33.7. The van der Waals surface area contributed by atoms with Crippen LogP contribution in [0.4, 0.5) is 0 Å². The number of phenolic OH excluding ortho intramolecular Hbond substituents is 2. The predicted octanol–water partition coefficient (Wildman–Crippen LogP) is -5.57. The van der Waals surface area contributed by atoms with Gasteiger partial charge in [-0.25, -0.2) is 4.79 Å². The number of aromatic hydroxyl groups is 2. The van der Waals surface area contributed by atoms with E-state index >= 15 is 0 Å². The molecule has 0 aliphatic heterocycles. The molecule has 0 aliphatic carbocycles. The third kappa shape index (κ3) is 23.5. The highest BCUT2D eigenvalue weighted by atomic mass is 32.2. The molecule has 10 atom stereocenters. The van der Waals surface area contributed by atoms with E-state index in [1.54, 1.807) is 36.6 Å². The summed E-state index contributed by atoms with van der Waals surface area (Å²) in [5.74, 6) is -13.1. The van der Waals surface area contributed by atoms with Crippen molar-refractivity contribution in [1.82, 2.24) is 47.9 Å². The number of phenols is 2. The molecule has 0 fully saturated rings. The predicted molar refractivity (Wildman–Crippen MR) is 293 cm³/mol. The number of carbonyl (C=O) groups is 12. The highest BCUT2D eigenvalue weighted by Gasteiger charge is 2.37. The largest absolute Gasteiger partial charge is 0.508 e. The molecular formula is C52H70N12O17S. The van der Waals surface area contributed by atoms with Crippen molar-refractivity contribution in [1.29, 1.82) is 0 Å². The van der Waals surface area contributed by atoms with E-state index in [1.807, 2.05) is 0 Å². The van der Waals surface area contributed by atoms with Crippen molar-refractivity contribution >= 4 is 82.7 Å². The Morgan fingerprint density at radius 3 is 1.29 bits per heavy atom. The van der Waals surface area contributed by atoms with Gasteiger partial charge in [-0.3, -0.25) is 52.7 Å². The van der Waals surface area contributed by atoms with Crippen molar-refractivity contribution in [2.45, 2.75) is 113 Å². The molecular weight excluding hydrogens is 1100 g/mol. The van der Waals surface area contributed by atoms with Crippen LogP contribution in [0.15, 0.2) is 78.9 Å². The molecule has 20 N–H and O–H groups in total. The Kier molecular flexibility index (Phi) is 27.7. The molecule has 11 amide bonds. The van der Waals surface area contributed by atoms with Gasteiger partial charge in [-0.05, 0) is 73.2 Å². The Morgan fingerprint density at radius 1 is 0.476 bits per heavy atom. The monoisotopic (exact) mass is 1170 g/mol. The van der Waals surface area contributed by atoms with Crippen molar-refractivity contribution in [3.63, 3.8) is 0 Å². The molecule has 3 aromatic carbocycles. The number of hydrogen-bond donors (Lipinski definition) is 17. The van der Waals surface area contributed by atoms with Crippen LogP contribution in [-0.4, -0.2) is 182 Å². The molecule has 0 unspecified atom stereocenters. The number of carboxylic acids is 1. The third-order valence-electron chi connectivity index (χ3n) is 12.0. The fourth-order valence-corrected chi connectivity index (χ4v) is 8.18. The lowest BCUT2D eigenvalue weighted by Crippen LogP contribution is -2.63. The number of nitrogens with one attached hydrogen (secondary N) is 9. The maximum Gasteiger partial charge on any atom is 0.326 e. The van der Waals surface area contributed by atoms with Crippen LogP contribution in [-0.2, 0) is 76.8 Å². The minimum Gasteiger partial charge on any atom is -0.508 e. The highest BCUT2D eigenvalue weighted by molar-refractivity contribution is 7.98. The van der Waals surface area contributed by atoms with E-state index < -0.39 is 157 Å². The number of rotatable bonds is 34. The number of nitrogens with two attached hydrogens (primary N) is 3. The van der Waals surface area contributed by atoms with Crippen LogP contribution in [0.3, 0.4) is 0 Å². The number of aliphatic hydroxyl groups is 2. The average Bonchev–Trinajstić information content (AvgIpc) is 3.43.